The first-order chi connectivity index (χ1) is 15.8. The minimum absolute atomic E-state index is 0.0181. The van der Waals surface area contributed by atoms with Crippen molar-refractivity contribution in [2.75, 3.05) is 5.43 Å². The highest BCUT2D eigenvalue weighted by Gasteiger charge is 2.19. The van der Waals surface area contributed by atoms with Gasteiger partial charge >= 0.3 is 5.69 Å². The van der Waals surface area contributed by atoms with Gasteiger partial charge < -0.3 is 4.74 Å². The third kappa shape index (κ3) is 5.41. The van der Waals surface area contributed by atoms with Crippen LogP contribution in [-0.2, 0) is 0 Å². The van der Waals surface area contributed by atoms with Gasteiger partial charge in [-0.25, -0.2) is 0 Å². The number of nitro benzene ring substituents is 3. The molecule has 0 bridgehead atoms. The zero-order valence-corrected chi connectivity index (χ0v) is 16.4. The molecule has 0 saturated carbocycles. The topological polar surface area (TPSA) is 187 Å². The van der Waals surface area contributed by atoms with Gasteiger partial charge in [-0.2, -0.15) is 10.4 Å². The summed E-state index contributed by atoms with van der Waals surface area (Å²) in [5, 5.41) is 46.0. The number of hydrogen-bond donors (Lipinski definition) is 1. The second-order valence-electron chi connectivity index (χ2n) is 6.31. The zero-order chi connectivity index (χ0) is 24.0. The maximum atomic E-state index is 11.2. The molecule has 13 heteroatoms. The average molecular weight is 448 g/mol. The van der Waals surface area contributed by atoms with Gasteiger partial charge in [-0.05, 0) is 29.8 Å². The third-order valence-electron chi connectivity index (χ3n) is 4.17. The van der Waals surface area contributed by atoms with Crippen molar-refractivity contribution in [3.63, 3.8) is 0 Å². The lowest BCUT2D eigenvalue weighted by atomic mass is 10.2. The summed E-state index contributed by atoms with van der Waals surface area (Å²) in [6.45, 7) is 0. The molecule has 0 fully saturated rings. The number of hydrazone groups is 1. The first-order valence-electron chi connectivity index (χ1n) is 8.97. The van der Waals surface area contributed by atoms with E-state index in [-0.39, 0.29) is 22.7 Å². The molecule has 3 aromatic carbocycles. The number of nitriles is 1. The Labute approximate surface area is 184 Å². The maximum Gasteiger partial charge on any atom is 0.301 e. The van der Waals surface area contributed by atoms with Gasteiger partial charge in [0.15, 0.2) is 0 Å². The molecule has 0 radical (unpaired) electrons. The van der Waals surface area contributed by atoms with E-state index in [0.717, 1.165) is 18.2 Å². The molecule has 0 heterocycles. The maximum absolute atomic E-state index is 11.2. The predicted octanol–water partition coefficient (Wildman–Crippen LogP) is 4.52. The first kappa shape index (κ1) is 22.3. The van der Waals surface area contributed by atoms with Crippen LogP contribution in [0.25, 0.3) is 0 Å². The van der Waals surface area contributed by atoms with Crippen molar-refractivity contribution in [1.82, 2.24) is 0 Å². The van der Waals surface area contributed by atoms with E-state index in [1.807, 2.05) is 6.07 Å². The lowest BCUT2D eigenvalue weighted by Crippen LogP contribution is -1.98. The van der Waals surface area contributed by atoms with E-state index in [4.69, 9.17) is 4.74 Å². The van der Waals surface area contributed by atoms with Crippen molar-refractivity contribution in [1.29, 1.82) is 5.26 Å². The molecule has 0 aromatic heterocycles. The molecule has 0 aliphatic carbocycles. The smallest absolute Gasteiger partial charge is 0.301 e. The van der Waals surface area contributed by atoms with E-state index in [0.29, 0.717) is 11.3 Å². The summed E-state index contributed by atoms with van der Waals surface area (Å²) in [7, 11) is 0. The van der Waals surface area contributed by atoms with Crippen molar-refractivity contribution >= 4 is 29.0 Å². The van der Waals surface area contributed by atoms with Gasteiger partial charge in [0.1, 0.15) is 28.8 Å². The number of nitrogens with one attached hydrogen (secondary N) is 1. The summed E-state index contributed by atoms with van der Waals surface area (Å²) < 4.78 is 5.65. The quantitative estimate of drug-likeness (QED) is 0.293. The molecule has 3 rings (SSSR count). The summed E-state index contributed by atoms with van der Waals surface area (Å²) in [5.74, 6) is 0.433. The largest absolute Gasteiger partial charge is 0.456 e. The summed E-state index contributed by atoms with van der Waals surface area (Å²) in [4.78, 5) is 30.7. The van der Waals surface area contributed by atoms with Crippen LogP contribution >= 0.6 is 0 Å². The Balaban J connectivity index is 1.78. The summed E-state index contributed by atoms with van der Waals surface area (Å²) in [6.07, 6.45) is 1.33. The van der Waals surface area contributed by atoms with E-state index in [9.17, 15) is 35.6 Å². The van der Waals surface area contributed by atoms with Crippen molar-refractivity contribution in [3.8, 4) is 17.6 Å². The summed E-state index contributed by atoms with van der Waals surface area (Å²) >= 11 is 0. The average Bonchev–Trinajstić information content (AvgIpc) is 2.79. The van der Waals surface area contributed by atoms with Crippen molar-refractivity contribution in [2.24, 2.45) is 5.10 Å². The fourth-order valence-corrected chi connectivity index (χ4v) is 2.65. The Bertz CT molecular complexity index is 1330. The van der Waals surface area contributed by atoms with Crippen LogP contribution in [-0.4, -0.2) is 21.0 Å². The Hall–Kier alpha value is -5.38. The van der Waals surface area contributed by atoms with Gasteiger partial charge in [0.05, 0.1) is 27.1 Å². The molecule has 33 heavy (non-hydrogen) atoms. The second-order valence-corrected chi connectivity index (χ2v) is 6.31. The van der Waals surface area contributed by atoms with E-state index in [2.05, 4.69) is 10.5 Å². The molecule has 0 spiro atoms. The van der Waals surface area contributed by atoms with Crippen LogP contribution in [0.15, 0.2) is 65.8 Å². The predicted molar refractivity (Wildman–Crippen MR) is 115 cm³/mol. The number of non-ortho nitro benzene ring substituents is 2. The number of hydrogen-bond acceptors (Lipinski definition) is 10. The molecular weight excluding hydrogens is 436 g/mol. The standard InChI is InChI=1S/C20H12N6O7/c21-11-14-9-15(24(27)28)5-7-20(14)33-17-3-1-2-13(8-17)12-22-23-18-6-4-16(25(29)30)10-19(18)26(31)32/h1-10,12,23H/b22-12-. The Morgan fingerprint density at radius 3 is 2.27 bits per heavy atom. The summed E-state index contributed by atoms with van der Waals surface area (Å²) in [5.41, 5.74) is 1.74. The van der Waals surface area contributed by atoms with Crippen LogP contribution in [0.2, 0.25) is 0 Å². The Morgan fingerprint density at radius 1 is 0.909 bits per heavy atom. The van der Waals surface area contributed by atoms with E-state index >= 15 is 0 Å². The van der Waals surface area contributed by atoms with Gasteiger partial charge in [-0.1, -0.05) is 12.1 Å². The third-order valence-corrected chi connectivity index (χ3v) is 4.17. The molecule has 164 valence electrons. The van der Waals surface area contributed by atoms with Crippen molar-refractivity contribution in [2.45, 2.75) is 0 Å². The molecule has 1 N–H and O–H groups in total. The second kappa shape index (κ2) is 9.62. The number of rotatable bonds is 8. The van der Waals surface area contributed by atoms with Crippen LogP contribution < -0.4 is 10.2 Å². The fraction of sp³-hybridized carbons (Fsp3) is 0. The number of ether oxygens (including phenoxy) is 1. The number of nitrogens with zero attached hydrogens (tertiary/aromatic N) is 5. The van der Waals surface area contributed by atoms with Crippen molar-refractivity contribution < 1.29 is 19.5 Å². The SMILES string of the molecule is N#Cc1cc([N+](=O)[O-])ccc1Oc1cccc(/C=N\Nc2ccc([N+](=O)[O-])cc2[N+](=O)[O-])c1. The molecular formula is C20H12N6O7. The Kier molecular flexibility index (Phi) is 6.50. The number of benzene rings is 3. The minimum atomic E-state index is -0.768. The molecule has 0 saturated heterocycles. The molecule has 0 unspecified atom stereocenters. The first-order valence-corrected chi connectivity index (χ1v) is 8.97. The lowest BCUT2D eigenvalue weighted by molar-refractivity contribution is -0.393. The van der Waals surface area contributed by atoms with Gasteiger partial charge in [0.25, 0.3) is 11.4 Å². The number of anilines is 1. The monoisotopic (exact) mass is 448 g/mol. The molecule has 13 nitrogen and oxygen atoms in total. The molecule has 0 amide bonds. The van der Waals surface area contributed by atoms with E-state index in [1.165, 1.54) is 24.4 Å². The van der Waals surface area contributed by atoms with Gasteiger partial charge in [-0.15, -0.1) is 0 Å². The fourth-order valence-electron chi connectivity index (χ4n) is 2.65. The van der Waals surface area contributed by atoms with Crippen LogP contribution in [0.5, 0.6) is 11.5 Å². The number of nitro groups is 3. The van der Waals surface area contributed by atoms with Gasteiger partial charge in [-0.3, -0.25) is 35.8 Å². The highest BCUT2D eigenvalue weighted by molar-refractivity contribution is 5.81. The van der Waals surface area contributed by atoms with Gasteiger partial charge in [0, 0.05) is 18.2 Å². The van der Waals surface area contributed by atoms with Crippen LogP contribution in [0.3, 0.4) is 0 Å². The van der Waals surface area contributed by atoms with E-state index in [1.54, 1.807) is 24.3 Å². The lowest BCUT2D eigenvalue weighted by Gasteiger charge is -2.08. The van der Waals surface area contributed by atoms with Crippen LogP contribution in [0.1, 0.15) is 11.1 Å². The normalized spacial score (nSPS) is 10.4. The zero-order valence-electron chi connectivity index (χ0n) is 16.4. The van der Waals surface area contributed by atoms with Crippen LogP contribution in [0.4, 0.5) is 22.7 Å². The molecule has 0 atom stereocenters. The molecule has 0 aliphatic heterocycles. The summed E-state index contributed by atoms with van der Waals surface area (Å²) in [6, 6.07) is 15.0. The molecule has 3 aromatic rings. The van der Waals surface area contributed by atoms with Crippen molar-refractivity contribution in [3.05, 3.63) is 102 Å². The minimum Gasteiger partial charge on any atom is -0.456 e. The Morgan fingerprint density at radius 2 is 1.61 bits per heavy atom. The van der Waals surface area contributed by atoms with Gasteiger partial charge in [0.2, 0.25) is 0 Å². The highest BCUT2D eigenvalue weighted by atomic mass is 16.6. The highest BCUT2D eigenvalue weighted by Crippen LogP contribution is 2.30. The van der Waals surface area contributed by atoms with Crippen LogP contribution in [0, 0.1) is 41.7 Å². The van der Waals surface area contributed by atoms with E-state index < -0.39 is 26.1 Å². The molecule has 0 aliphatic rings.